The average Bonchev–Trinajstić information content (AvgIpc) is 2.68. The molecule has 0 radical (unpaired) electrons. The molecule has 0 spiro atoms. The maximum atomic E-state index is 10.7. The Morgan fingerprint density at radius 2 is 2.33 bits per heavy atom. The third-order valence-corrected chi connectivity index (χ3v) is 2.66. The van der Waals surface area contributed by atoms with Crippen molar-refractivity contribution in [3.63, 3.8) is 0 Å². The van der Waals surface area contributed by atoms with Gasteiger partial charge in [0.25, 0.3) is 0 Å². The largest absolute Gasteiger partial charge is 0.475 e. The van der Waals surface area contributed by atoms with E-state index in [9.17, 15) is 4.79 Å². The molecule has 0 aliphatic rings. The van der Waals surface area contributed by atoms with Crippen LogP contribution >= 0.6 is 0 Å². The molecule has 0 aliphatic carbocycles. The summed E-state index contributed by atoms with van der Waals surface area (Å²) in [5, 5.41) is 20.9. The van der Waals surface area contributed by atoms with Crippen LogP contribution in [0, 0.1) is 6.92 Å². The summed E-state index contributed by atoms with van der Waals surface area (Å²) in [5.74, 6) is -0.553. The molecular weight excluding hydrogens is 238 g/mol. The molecule has 6 heteroatoms. The lowest BCUT2D eigenvalue weighted by Crippen LogP contribution is -2.33. The molecule has 1 heterocycles. The molecule has 1 rings (SSSR count). The quantitative estimate of drug-likeness (QED) is 0.637. The highest BCUT2D eigenvalue weighted by atomic mass is 16.5. The smallest absolute Gasteiger partial charge is 0.371 e. The highest BCUT2D eigenvalue weighted by molar-refractivity contribution is 5.84. The van der Waals surface area contributed by atoms with Gasteiger partial charge in [-0.3, -0.25) is 0 Å². The monoisotopic (exact) mass is 257 g/mol. The van der Waals surface area contributed by atoms with Crippen LogP contribution in [0.1, 0.15) is 28.3 Å². The van der Waals surface area contributed by atoms with Crippen LogP contribution in [0.5, 0.6) is 0 Å². The molecule has 0 aliphatic heterocycles. The van der Waals surface area contributed by atoms with Gasteiger partial charge in [0, 0.05) is 31.9 Å². The topological polar surface area (TPSA) is 91.9 Å². The molecule has 0 bridgehead atoms. The van der Waals surface area contributed by atoms with Crippen molar-refractivity contribution in [1.29, 1.82) is 0 Å². The van der Waals surface area contributed by atoms with Crippen molar-refractivity contribution in [3.8, 4) is 0 Å². The molecule has 0 saturated heterocycles. The first-order valence-electron chi connectivity index (χ1n) is 5.74. The van der Waals surface area contributed by atoms with Crippen molar-refractivity contribution < 1.29 is 24.2 Å². The molecule has 0 saturated carbocycles. The van der Waals surface area contributed by atoms with Gasteiger partial charge < -0.3 is 24.7 Å². The molecule has 3 N–H and O–H groups in total. The van der Waals surface area contributed by atoms with Crippen molar-refractivity contribution >= 4 is 5.97 Å². The van der Waals surface area contributed by atoms with E-state index in [1.54, 1.807) is 14.0 Å². The van der Waals surface area contributed by atoms with Gasteiger partial charge in [0.05, 0.1) is 6.61 Å². The van der Waals surface area contributed by atoms with Crippen molar-refractivity contribution in [1.82, 2.24) is 5.32 Å². The van der Waals surface area contributed by atoms with Crippen molar-refractivity contribution in [2.45, 2.75) is 25.9 Å². The van der Waals surface area contributed by atoms with E-state index in [0.29, 0.717) is 25.3 Å². The predicted molar refractivity (Wildman–Crippen MR) is 64.6 cm³/mol. The number of furan rings is 1. The Hall–Kier alpha value is -1.37. The number of hydrogen-bond donors (Lipinski definition) is 3. The van der Waals surface area contributed by atoms with Gasteiger partial charge in [-0.15, -0.1) is 0 Å². The van der Waals surface area contributed by atoms with Gasteiger partial charge in [-0.2, -0.15) is 0 Å². The van der Waals surface area contributed by atoms with E-state index in [0.717, 1.165) is 5.56 Å². The van der Waals surface area contributed by atoms with Gasteiger partial charge in [-0.1, -0.05) is 0 Å². The predicted octanol–water partition coefficient (Wildman–Crippen LogP) is 0.773. The summed E-state index contributed by atoms with van der Waals surface area (Å²) >= 11 is 0. The minimum absolute atomic E-state index is 0.0302. The first kappa shape index (κ1) is 14.7. The van der Waals surface area contributed by atoms with Gasteiger partial charge in [0.2, 0.25) is 5.76 Å². The number of nitrogens with one attached hydrogen (secondary N) is 1. The number of aliphatic hydroxyl groups excluding tert-OH is 1. The maximum absolute atomic E-state index is 10.7. The number of aromatic carboxylic acids is 1. The number of aliphatic hydroxyl groups is 1. The zero-order chi connectivity index (χ0) is 13.5. The van der Waals surface area contributed by atoms with Crippen LogP contribution in [-0.4, -0.2) is 42.5 Å². The summed E-state index contributed by atoms with van der Waals surface area (Å²) in [6.45, 7) is 2.77. The standard InChI is InChI=1S/C12H19NO5/c1-8-9(5-11(18-8)12(15)16)6-13-10(3-4-14)7-17-2/h5,10,13-14H,3-4,6-7H2,1-2H3,(H,15,16). The molecule has 102 valence electrons. The summed E-state index contributed by atoms with van der Waals surface area (Å²) in [6.07, 6.45) is 0.580. The molecule has 0 aromatic carbocycles. The molecule has 0 amide bonds. The Morgan fingerprint density at radius 3 is 2.83 bits per heavy atom. The zero-order valence-corrected chi connectivity index (χ0v) is 10.6. The second-order valence-electron chi connectivity index (χ2n) is 4.04. The summed E-state index contributed by atoms with van der Waals surface area (Å²) in [7, 11) is 1.59. The van der Waals surface area contributed by atoms with E-state index in [1.807, 2.05) is 0 Å². The lowest BCUT2D eigenvalue weighted by Gasteiger charge is -2.16. The number of methoxy groups -OCH3 is 1. The van der Waals surface area contributed by atoms with Gasteiger partial charge in [0.1, 0.15) is 5.76 Å². The van der Waals surface area contributed by atoms with E-state index in [4.69, 9.17) is 19.4 Å². The summed E-state index contributed by atoms with van der Waals surface area (Å²) in [6, 6.07) is 1.54. The van der Waals surface area contributed by atoms with Crippen LogP contribution in [-0.2, 0) is 11.3 Å². The number of rotatable bonds is 8. The Balaban J connectivity index is 2.58. The summed E-state index contributed by atoms with van der Waals surface area (Å²) in [4.78, 5) is 10.7. The van der Waals surface area contributed by atoms with E-state index in [1.165, 1.54) is 6.07 Å². The Morgan fingerprint density at radius 1 is 1.61 bits per heavy atom. The van der Waals surface area contributed by atoms with Gasteiger partial charge >= 0.3 is 5.97 Å². The highest BCUT2D eigenvalue weighted by Gasteiger charge is 2.14. The third-order valence-electron chi connectivity index (χ3n) is 2.66. The summed E-state index contributed by atoms with van der Waals surface area (Å²) < 4.78 is 10.1. The fourth-order valence-electron chi connectivity index (χ4n) is 1.66. The normalized spacial score (nSPS) is 12.6. The number of hydrogen-bond acceptors (Lipinski definition) is 5. The van der Waals surface area contributed by atoms with Crippen LogP contribution in [0.15, 0.2) is 10.5 Å². The lowest BCUT2D eigenvalue weighted by molar-refractivity contribution is 0.0661. The molecule has 1 aromatic heterocycles. The van der Waals surface area contributed by atoms with E-state index in [2.05, 4.69) is 5.32 Å². The zero-order valence-electron chi connectivity index (χ0n) is 10.6. The molecule has 6 nitrogen and oxygen atoms in total. The SMILES string of the molecule is COCC(CCO)NCc1cc(C(=O)O)oc1C. The number of carboxylic acids is 1. The van der Waals surface area contributed by atoms with Crippen LogP contribution < -0.4 is 5.32 Å². The lowest BCUT2D eigenvalue weighted by atomic mass is 10.2. The minimum atomic E-state index is -1.08. The van der Waals surface area contributed by atoms with Crippen LogP contribution in [0.25, 0.3) is 0 Å². The van der Waals surface area contributed by atoms with E-state index < -0.39 is 5.97 Å². The van der Waals surface area contributed by atoms with Crippen LogP contribution in [0.4, 0.5) is 0 Å². The maximum Gasteiger partial charge on any atom is 0.371 e. The van der Waals surface area contributed by atoms with Crippen LogP contribution in [0.2, 0.25) is 0 Å². The summed E-state index contributed by atoms with van der Waals surface area (Å²) in [5.41, 5.74) is 0.798. The first-order valence-corrected chi connectivity index (χ1v) is 5.74. The highest BCUT2D eigenvalue weighted by Crippen LogP contribution is 2.14. The van der Waals surface area contributed by atoms with Gasteiger partial charge in [-0.25, -0.2) is 4.79 Å². The van der Waals surface area contributed by atoms with E-state index in [-0.39, 0.29) is 18.4 Å². The Bertz CT molecular complexity index is 382. The van der Waals surface area contributed by atoms with E-state index >= 15 is 0 Å². The number of ether oxygens (including phenoxy) is 1. The van der Waals surface area contributed by atoms with Crippen molar-refractivity contribution in [2.75, 3.05) is 20.3 Å². The number of carboxylic acid groups (broad SMARTS) is 1. The molecule has 0 fully saturated rings. The molecule has 18 heavy (non-hydrogen) atoms. The van der Waals surface area contributed by atoms with Gasteiger partial charge in [0.15, 0.2) is 0 Å². The molecule has 1 atom stereocenters. The molecule has 1 unspecified atom stereocenters. The minimum Gasteiger partial charge on any atom is -0.475 e. The molecular formula is C12H19NO5. The fourth-order valence-corrected chi connectivity index (χ4v) is 1.66. The number of carbonyl (C=O) groups is 1. The second kappa shape index (κ2) is 7.15. The fraction of sp³-hybridized carbons (Fsp3) is 0.583. The second-order valence-corrected chi connectivity index (χ2v) is 4.04. The Kier molecular flexibility index (Phi) is 5.84. The Labute approximate surface area is 106 Å². The van der Waals surface area contributed by atoms with Crippen molar-refractivity contribution in [2.24, 2.45) is 0 Å². The van der Waals surface area contributed by atoms with Crippen molar-refractivity contribution in [3.05, 3.63) is 23.2 Å². The third kappa shape index (κ3) is 4.14. The van der Waals surface area contributed by atoms with Gasteiger partial charge in [-0.05, 0) is 19.4 Å². The number of aryl methyl sites for hydroxylation is 1. The van der Waals surface area contributed by atoms with Crippen LogP contribution in [0.3, 0.4) is 0 Å². The first-order chi connectivity index (χ1) is 8.58. The average molecular weight is 257 g/mol. The molecule has 1 aromatic rings.